The predicted octanol–water partition coefficient (Wildman–Crippen LogP) is 3.39. The Hall–Kier alpha value is -1.46. The van der Waals surface area contributed by atoms with Crippen LogP contribution in [0.2, 0.25) is 0 Å². The molecule has 2 aromatic rings. The lowest BCUT2D eigenvalue weighted by Crippen LogP contribution is -2.04. The summed E-state index contributed by atoms with van der Waals surface area (Å²) in [4.78, 5) is 0. The number of hydrogen-bond acceptors (Lipinski definition) is 5. The molecule has 0 aliphatic carbocycles. The van der Waals surface area contributed by atoms with Gasteiger partial charge in [-0.15, -0.1) is 5.10 Å². The number of ether oxygens (including phenoxy) is 1. The van der Waals surface area contributed by atoms with E-state index in [0.29, 0.717) is 5.19 Å². The molecule has 4 nitrogen and oxygen atoms in total. The Morgan fingerprint density at radius 2 is 2.00 bits per heavy atom. The summed E-state index contributed by atoms with van der Waals surface area (Å²) in [5.41, 5.74) is 1.35. The molecule has 2 rings (SSSR count). The molecule has 1 N–H and O–H groups in total. The quantitative estimate of drug-likeness (QED) is 0.842. The molecule has 0 radical (unpaired) electrons. The maximum atomic E-state index is 5.68. The van der Waals surface area contributed by atoms with E-state index in [1.807, 2.05) is 19.2 Å². The van der Waals surface area contributed by atoms with E-state index in [-0.39, 0.29) is 0 Å². The Morgan fingerprint density at radius 3 is 2.68 bits per heavy atom. The van der Waals surface area contributed by atoms with E-state index in [0.717, 1.165) is 23.7 Å². The van der Waals surface area contributed by atoms with Crippen molar-refractivity contribution in [3.8, 4) is 10.9 Å². The number of hydrogen-bond donors (Lipinski definition) is 1. The Kier molecular flexibility index (Phi) is 5.30. The first-order valence-electron chi connectivity index (χ1n) is 6.55. The fourth-order valence-corrected chi connectivity index (χ4v) is 2.43. The molecule has 19 heavy (non-hydrogen) atoms. The van der Waals surface area contributed by atoms with Crippen molar-refractivity contribution in [3.63, 3.8) is 0 Å². The summed E-state index contributed by atoms with van der Waals surface area (Å²) in [5, 5.41) is 12.6. The lowest BCUT2D eigenvalue weighted by molar-refractivity contribution is 0.472. The second kappa shape index (κ2) is 7.21. The minimum atomic E-state index is 0.589. The van der Waals surface area contributed by atoms with Gasteiger partial charge in [-0.3, -0.25) is 0 Å². The van der Waals surface area contributed by atoms with Gasteiger partial charge in [0.15, 0.2) is 0 Å². The second-order valence-corrected chi connectivity index (χ2v) is 5.37. The summed E-state index contributed by atoms with van der Waals surface area (Å²) < 4.78 is 5.68. The smallest absolute Gasteiger partial charge is 0.299 e. The van der Waals surface area contributed by atoms with Gasteiger partial charge in [-0.25, -0.2) is 0 Å². The highest BCUT2D eigenvalue weighted by molar-refractivity contribution is 7.13. The van der Waals surface area contributed by atoms with Crippen molar-refractivity contribution in [1.82, 2.24) is 15.5 Å². The SMILES string of the molecule is CCCCc1ccc(Oc2nnc(CNC)s2)cc1. The minimum Gasteiger partial charge on any atom is -0.430 e. The molecular formula is C14H19N3OS. The van der Waals surface area contributed by atoms with Crippen molar-refractivity contribution in [3.05, 3.63) is 34.8 Å². The van der Waals surface area contributed by atoms with Gasteiger partial charge < -0.3 is 10.1 Å². The first kappa shape index (κ1) is 14.0. The van der Waals surface area contributed by atoms with Gasteiger partial charge in [0.1, 0.15) is 10.8 Å². The van der Waals surface area contributed by atoms with Crippen LogP contribution >= 0.6 is 11.3 Å². The van der Waals surface area contributed by atoms with Gasteiger partial charge in [-0.1, -0.05) is 41.9 Å². The molecule has 0 unspecified atom stereocenters. The number of unbranched alkanes of at least 4 members (excludes halogenated alkanes) is 1. The molecule has 1 aromatic heterocycles. The molecule has 1 aromatic carbocycles. The first-order valence-corrected chi connectivity index (χ1v) is 7.37. The van der Waals surface area contributed by atoms with E-state index in [2.05, 4.69) is 34.6 Å². The van der Waals surface area contributed by atoms with E-state index >= 15 is 0 Å². The summed E-state index contributed by atoms with van der Waals surface area (Å²) in [6.45, 7) is 2.92. The number of nitrogens with zero attached hydrogens (tertiary/aromatic N) is 2. The molecule has 0 saturated carbocycles. The van der Waals surface area contributed by atoms with Crippen LogP contribution in [0.3, 0.4) is 0 Å². The molecular weight excluding hydrogens is 258 g/mol. The molecule has 0 spiro atoms. The van der Waals surface area contributed by atoms with Gasteiger partial charge in [0.2, 0.25) is 0 Å². The third-order valence-electron chi connectivity index (χ3n) is 2.72. The maximum absolute atomic E-state index is 5.68. The van der Waals surface area contributed by atoms with Crippen LogP contribution in [0, 0.1) is 0 Å². The molecule has 0 aliphatic heterocycles. The lowest BCUT2D eigenvalue weighted by atomic mass is 10.1. The van der Waals surface area contributed by atoms with Crippen LogP contribution in [0.1, 0.15) is 30.3 Å². The molecule has 5 heteroatoms. The van der Waals surface area contributed by atoms with Gasteiger partial charge in [0, 0.05) is 6.54 Å². The third kappa shape index (κ3) is 4.29. The van der Waals surface area contributed by atoms with Crippen molar-refractivity contribution in [1.29, 1.82) is 0 Å². The number of aromatic nitrogens is 2. The third-order valence-corrected chi connectivity index (χ3v) is 3.53. The van der Waals surface area contributed by atoms with Crippen molar-refractivity contribution in [2.45, 2.75) is 32.7 Å². The molecule has 0 fully saturated rings. The predicted molar refractivity (Wildman–Crippen MR) is 77.8 cm³/mol. The molecule has 0 bridgehead atoms. The van der Waals surface area contributed by atoms with Gasteiger partial charge in [-0.05, 0) is 37.6 Å². The van der Waals surface area contributed by atoms with Crippen LogP contribution in [0.5, 0.6) is 10.9 Å². The van der Waals surface area contributed by atoms with E-state index in [1.165, 1.54) is 29.7 Å². The van der Waals surface area contributed by atoms with Crippen molar-refractivity contribution in [2.75, 3.05) is 7.05 Å². The van der Waals surface area contributed by atoms with Crippen LogP contribution in [-0.4, -0.2) is 17.2 Å². The molecule has 0 aliphatic rings. The lowest BCUT2D eigenvalue weighted by Gasteiger charge is -2.03. The summed E-state index contributed by atoms with van der Waals surface area (Å²) in [7, 11) is 1.89. The molecule has 1 heterocycles. The van der Waals surface area contributed by atoms with E-state index in [1.54, 1.807) is 0 Å². The van der Waals surface area contributed by atoms with Crippen LogP contribution < -0.4 is 10.1 Å². The largest absolute Gasteiger partial charge is 0.430 e. The standard InChI is InChI=1S/C14H19N3OS/c1-3-4-5-11-6-8-12(9-7-11)18-14-17-16-13(19-14)10-15-2/h6-9,15H,3-5,10H2,1-2H3. The van der Waals surface area contributed by atoms with Crippen LogP contribution in [0.25, 0.3) is 0 Å². The average Bonchev–Trinajstić information content (AvgIpc) is 2.86. The molecule has 0 atom stereocenters. The monoisotopic (exact) mass is 277 g/mol. The van der Waals surface area contributed by atoms with Gasteiger partial charge >= 0.3 is 0 Å². The van der Waals surface area contributed by atoms with Gasteiger partial charge in [0.25, 0.3) is 5.19 Å². The number of aryl methyl sites for hydroxylation is 1. The normalized spacial score (nSPS) is 10.6. The van der Waals surface area contributed by atoms with Crippen molar-refractivity contribution in [2.24, 2.45) is 0 Å². The van der Waals surface area contributed by atoms with Gasteiger partial charge in [-0.2, -0.15) is 0 Å². The van der Waals surface area contributed by atoms with Crippen molar-refractivity contribution < 1.29 is 4.74 Å². The summed E-state index contributed by atoms with van der Waals surface area (Å²) in [5.74, 6) is 0.812. The topological polar surface area (TPSA) is 47.0 Å². The highest BCUT2D eigenvalue weighted by Gasteiger charge is 2.05. The number of nitrogens with one attached hydrogen (secondary N) is 1. The highest BCUT2D eigenvalue weighted by atomic mass is 32.1. The Balaban J connectivity index is 1.94. The zero-order chi connectivity index (χ0) is 13.5. The zero-order valence-corrected chi connectivity index (χ0v) is 12.2. The first-order chi connectivity index (χ1) is 9.31. The molecule has 0 amide bonds. The summed E-state index contributed by atoms with van der Waals surface area (Å²) >= 11 is 1.46. The Labute approximate surface area is 117 Å². The minimum absolute atomic E-state index is 0.589. The highest BCUT2D eigenvalue weighted by Crippen LogP contribution is 2.25. The Morgan fingerprint density at radius 1 is 1.21 bits per heavy atom. The summed E-state index contributed by atoms with van der Waals surface area (Å²) in [6.07, 6.45) is 3.57. The average molecular weight is 277 g/mol. The van der Waals surface area contributed by atoms with Crippen LogP contribution in [0.4, 0.5) is 0 Å². The fourth-order valence-electron chi connectivity index (χ4n) is 1.71. The Bertz CT molecular complexity index is 496. The molecule has 102 valence electrons. The van der Waals surface area contributed by atoms with Gasteiger partial charge in [0.05, 0.1) is 0 Å². The maximum Gasteiger partial charge on any atom is 0.299 e. The number of rotatable bonds is 7. The zero-order valence-electron chi connectivity index (χ0n) is 11.3. The van der Waals surface area contributed by atoms with E-state index in [4.69, 9.17) is 4.74 Å². The summed E-state index contributed by atoms with van der Waals surface area (Å²) in [6, 6.07) is 8.20. The second-order valence-electron chi connectivity index (χ2n) is 4.34. The van der Waals surface area contributed by atoms with E-state index < -0.39 is 0 Å². The van der Waals surface area contributed by atoms with Crippen LogP contribution in [-0.2, 0) is 13.0 Å². The van der Waals surface area contributed by atoms with E-state index in [9.17, 15) is 0 Å². The van der Waals surface area contributed by atoms with Crippen molar-refractivity contribution >= 4 is 11.3 Å². The number of benzene rings is 1. The fraction of sp³-hybridized carbons (Fsp3) is 0.429. The van der Waals surface area contributed by atoms with Crippen LogP contribution in [0.15, 0.2) is 24.3 Å². The molecule has 0 saturated heterocycles.